The van der Waals surface area contributed by atoms with E-state index in [0.717, 1.165) is 18.1 Å². The molecule has 0 atom stereocenters. The number of aryl methyl sites for hydroxylation is 1. The first-order valence-electron chi connectivity index (χ1n) is 7.04. The highest BCUT2D eigenvalue weighted by molar-refractivity contribution is 5.19. The van der Waals surface area contributed by atoms with Gasteiger partial charge in [-0.25, -0.2) is 4.68 Å². The van der Waals surface area contributed by atoms with E-state index in [-0.39, 0.29) is 0 Å². The summed E-state index contributed by atoms with van der Waals surface area (Å²) >= 11 is 0. The molecule has 2 aromatic rings. The quantitative estimate of drug-likeness (QED) is 0.862. The number of aromatic nitrogens is 5. The van der Waals surface area contributed by atoms with Crippen LogP contribution in [0.3, 0.4) is 0 Å². The molecule has 0 aromatic carbocycles. The molecule has 0 saturated carbocycles. The molecular formula is C13H21N7. The van der Waals surface area contributed by atoms with Crippen LogP contribution in [-0.2, 0) is 13.6 Å². The average Bonchev–Trinajstić information content (AvgIpc) is 3.06. The third kappa shape index (κ3) is 2.88. The highest BCUT2D eigenvalue weighted by atomic mass is 15.5. The van der Waals surface area contributed by atoms with E-state index in [4.69, 9.17) is 0 Å². The highest BCUT2D eigenvalue weighted by Crippen LogP contribution is 2.09. The maximum absolute atomic E-state index is 4.21. The molecule has 0 spiro atoms. The van der Waals surface area contributed by atoms with E-state index >= 15 is 0 Å². The summed E-state index contributed by atoms with van der Waals surface area (Å²) < 4.78 is 3.54. The van der Waals surface area contributed by atoms with Gasteiger partial charge in [-0.2, -0.15) is 5.10 Å². The summed E-state index contributed by atoms with van der Waals surface area (Å²) in [4.78, 5) is 2.37. The molecule has 0 amide bonds. The lowest BCUT2D eigenvalue weighted by molar-refractivity contribution is 0.233. The van der Waals surface area contributed by atoms with Crippen molar-refractivity contribution in [3.05, 3.63) is 24.2 Å². The van der Waals surface area contributed by atoms with E-state index < -0.39 is 0 Å². The second-order valence-corrected chi connectivity index (χ2v) is 5.43. The van der Waals surface area contributed by atoms with Crippen LogP contribution in [0.15, 0.2) is 18.5 Å². The highest BCUT2D eigenvalue weighted by Gasteiger charge is 2.16. The second-order valence-electron chi connectivity index (χ2n) is 5.43. The minimum Gasteiger partial charge on any atom is -0.308 e. The predicted octanol–water partition coefficient (Wildman–Crippen LogP) is 0.185. The van der Waals surface area contributed by atoms with Gasteiger partial charge < -0.3 is 10.2 Å². The SMILES string of the molecule is CN1CCC(NCc2cn(-c3ccnn3C)nn2)CC1. The molecule has 0 bridgehead atoms. The third-order valence-corrected chi connectivity index (χ3v) is 3.86. The molecule has 1 fully saturated rings. The first-order valence-corrected chi connectivity index (χ1v) is 7.04. The zero-order valence-electron chi connectivity index (χ0n) is 12.0. The van der Waals surface area contributed by atoms with Crippen molar-refractivity contribution in [3.63, 3.8) is 0 Å². The Morgan fingerprint density at radius 3 is 2.80 bits per heavy atom. The van der Waals surface area contributed by atoms with Gasteiger partial charge in [-0.15, -0.1) is 5.10 Å². The summed E-state index contributed by atoms with van der Waals surface area (Å²) in [5.74, 6) is 0.919. The van der Waals surface area contributed by atoms with Crippen LogP contribution < -0.4 is 5.32 Å². The first kappa shape index (κ1) is 13.3. The van der Waals surface area contributed by atoms with Crippen molar-refractivity contribution in [1.82, 2.24) is 35.0 Å². The molecule has 3 rings (SSSR count). The van der Waals surface area contributed by atoms with Crippen LogP contribution in [0.2, 0.25) is 0 Å². The van der Waals surface area contributed by atoms with E-state index in [0.29, 0.717) is 6.04 Å². The summed E-state index contributed by atoms with van der Waals surface area (Å²) in [5.41, 5.74) is 0.963. The summed E-state index contributed by atoms with van der Waals surface area (Å²) in [6.45, 7) is 3.10. The monoisotopic (exact) mass is 275 g/mol. The number of nitrogens with one attached hydrogen (secondary N) is 1. The molecule has 2 aromatic heterocycles. The average molecular weight is 275 g/mol. The number of hydrogen-bond donors (Lipinski definition) is 1. The van der Waals surface area contributed by atoms with Crippen molar-refractivity contribution in [2.24, 2.45) is 7.05 Å². The minimum atomic E-state index is 0.591. The maximum Gasteiger partial charge on any atom is 0.153 e. The standard InChI is InChI=1S/C13H21N7/c1-18-7-4-11(5-8-18)14-9-12-10-20(17-16-12)13-3-6-15-19(13)2/h3,6,10-11,14H,4-5,7-9H2,1-2H3. The number of nitrogens with zero attached hydrogens (tertiary/aromatic N) is 6. The van der Waals surface area contributed by atoms with E-state index in [2.05, 4.69) is 32.7 Å². The lowest BCUT2D eigenvalue weighted by Crippen LogP contribution is -2.40. The van der Waals surface area contributed by atoms with Gasteiger partial charge in [-0.3, -0.25) is 4.68 Å². The van der Waals surface area contributed by atoms with Gasteiger partial charge in [0.05, 0.1) is 18.1 Å². The Kier molecular flexibility index (Phi) is 3.79. The summed E-state index contributed by atoms with van der Waals surface area (Å²) in [5, 5.41) is 16.1. The number of rotatable bonds is 4. The molecular weight excluding hydrogens is 254 g/mol. The fraction of sp³-hybridized carbons (Fsp3) is 0.615. The van der Waals surface area contributed by atoms with E-state index in [1.165, 1.54) is 25.9 Å². The topological polar surface area (TPSA) is 63.8 Å². The van der Waals surface area contributed by atoms with E-state index in [1.807, 2.05) is 19.3 Å². The van der Waals surface area contributed by atoms with Crippen LogP contribution in [0, 0.1) is 0 Å². The molecule has 3 heterocycles. The fourth-order valence-corrected chi connectivity index (χ4v) is 2.54. The molecule has 1 aliphatic rings. The maximum atomic E-state index is 4.21. The lowest BCUT2D eigenvalue weighted by Gasteiger charge is -2.29. The molecule has 0 aliphatic carbocycles. The fourth-order valence-electron chi connectivity index (χ4n) is 2.54. The number of piperidine rings is 1. The number of likely N-dealkylation sites (tertiary alicyclic amines) is 1. The van der Waals surface area contributed by atoms with Gasteiger partial charge in [0.1, 0.15) is 0 Å². The van der Waals surface area contributed by atoms with Gasteiger partial charge >= 0.3 is 0 Å². The summed E-state index contributed by atoms with van der Waals surface area (Å²) in [7, 11) is 4.07. The van der Waals surface area contributed by atoms with E-state index in [1.54, 1.807) is 15.6 Å². The normalized spacial score (nSPS) is 17.7. The van der Waals surface area contributed by atoms with Gasteiger partial charge in [0.2, 0.25) is 0 Å². The Labute approximate surface area is 118 Å². The Bertz CT molecular complexity index is 551. The molecule has 1 saturated heterocycles. The van der Waals surface area contributed by atoms with Crippen LogP contribution >= 0.6 is 0 Å². The van der Waals surface area contributed by atoms with E-state index in [9.17, 15) is 0 Å². The Morgan fingerprint density at radius 2 is 2.10 bits per heavy atom. The first-order chi connectivity index (χ1) is 9.72. The van der Waals surface area contributed by atoms with Gasteiger partial charge in [0.25, 0.3) is 0 Å². The Balaban J connectivity index is 1.57. The lowest BCUT2D eigenvalue weighted by atomic mass is 10.1. The van der Waals surface area contributed by atoms with Crippen molar-refractivity contribution in [2.75, 3.05) is 20.1 Å². The molecule has 108 valence electrons. The van der Waals surface area contributed by atoms with Gasteiger partial charge in [0.15, 0.2) is 5.82 Å². The predicted molar refractivity (Wildman–Crippen MR) is 75.5 cm³/mol. The largest absolute Gasteiger partial charge is 0.308 e. The van der Waals surface area contributed by atoms with Gasteiger partial charge in [-0.05, 0) is 33.0 Å². The van der Waals surface area contributed by atoms with Crippen molar-refractivity contribution in [3.8, 4) is 5.82 Å². The zero-order chi connectivity index (χ0) is 13.9. The minimum absolute atomic E-state index is 0.591. The molecule has 0 radical (unpaired) electrons. The van der Waals surface area contributed by atoms with Crippen LogP contribution in [0.1, 0.15) is 18.5 Å². The Hall–Kier alpha value is -1.73. The molecule has 0 unspecified atom stereocenters. The zero-order valence-corrected chi connectivity index (χ0v) is 12.0. The van der Waals surface area contributed by atoms with Crippen molar-refractivity contribution in [1.29, 1.82) is 0 Å². The number of hydrogen-bond acceptors (Lipinski definition) is 5. The van der Waals surface area contributed by atoms with Gasteiger partial charge in [-0.1, -0.05) is 5.21 Å². The summed E-state index contributed by atoms with van der Waals surface area (Å²) in [6.07, 6.45) is 6.12. The van der Waals surface area contributed by atoms with Crippen LogP contribution in [0.4, 0.5) is 0 Å². The second kappa shape index (κ2) is 5.72. The molecule has 1 aliphatic heterocycles. The van der Waals surface area contributed by atoms with Crippen LogP contribution in [0.25, 0.3) is 5.82 Å². The molecule has 7 nitrogen and oxygen atoms in total. The Morgan fingerprint density at radius 1 is 1.30 bits per heavy atom. The van der Waals surface area contributed by atoms with Crippen molar-refractivity contribution in [2.45, 2.75) is 25.4 Å². The van der Waals surface area contributed by atoms with Gasteiger partial charge in [0, 0.05) is 25.7 Å². The summed E-state index contributed by atoms with van der Waals surface area (Å²) in [6, 6.07) is 2.51. The van der Waals surface area contributed by atoms with Crippen LogP contribution in [-0.4, -0.2) is 55.9 Å². The molecule has 1 N–H and O–H groups in total. The van der Waals surface area contributed by atoms with Crippen molar-refractivity contribution >= 4 is 0 Å². The molecule has 7 heteroatoms. The third-order valence-electron chi connectivity index (χ3n) is 3.86. The molecule has 20 heavy (non-hydrogen) atoms. The van der Waals surface area contributed by atoms with Crippen LogP contribution in [0.5, 0.6) is 0 Å². The smallest absolute Gasteiger partial charge is 0.153 e. The van der Waals surface area contributed by atoms with Crippen molar-refractivity contribution < 1.29 is 0 Å².